The van der Waals surface area contributed by atoms with E-state index in [4.69, 9.17) is 4.74 Å². The highest BCUT2D eigenvalue weighted by molar-refractivity contribution is 5.81. The summed E-state index contributed by atoms with van der Waals surface area (Å²) in [5, 5.41) is 6.64. The van der Waals surface area contributed by atoms with Gasteiger partial charge in [-0.05, 0) is 61.2 Å². The minimum absolute atomic E-state index is 0.0511. The normalized spacial score (nSPS) is 18.0. The molecule has 1 fully saturated rings. The Balaban J connectivity index is 1.37. The van der Waals surface area contributed by atoms with Gasteiger partial charge >= 0.3 is 0 Å². The third kappa shape index (κ3) is 4.90. The van der Waals surface area contributed by atoms with E-state index in [-0.39, 0.29) is 29.8 Å². The zero-order valence-electron chi connectivity index (χ0n) is 17.8. The van der Waals surface area contributed by atoms with E-state index in [1.165, 1.54) is 25.3 Å². The number of nitrogens with one attached hydrogen (secondary N) is 3. The summed E-state index contributed by atoms with van der Waals surface area (Å²) in [6.07, 6.45) is 2.17. The zero-order chi connectivity index (χ0) is 22.7. The molecule has 1 saturated heterocycles. The second kappa shape index (κ2) is 8.98. The van der Waals surface area contributed by atoms with Crippen LogP contribution < -0.4 is 15.4 Å². The Morgan fingerprint density at radius 3 is 2.78 bits per heavy atom. The average molecular weight is 441 g/mol. The number of carbonyl (C=O) groups is 2. The number of ether oxygens (including phenoxy) is 1. The molecule has 2 amide bonds. The first-order valence-electron chi connectivity index (χ1n) is 10.5. The molecular formula is C24H25F2N3O3. The van der Waals surface area contributed by atoms with Crippen molar-refractivity contribution >= 4 is 22.7 Å². The van der Waals surface area contributed by atoms with Crippen molar-refractivity contribution in [1.29, 1.82) is 0 Å². The van der Waals surface area contributed by atoms with Crippen molar-refractivity contribution in [3.8, 4) is 5.75 Å². The van der Waals surface area contributed by atoms with E-state index >= 15 is 0 Å². The van der Waals surface area contributed by atoms with Gasteiger partial charge in [0, 0.05) is 35.0 Å². The number of carbonyl (C=O) groups excluding carboxylic acids is 2. The number of H-pyrrole nitrogens is 1. The smallest absolute Gasteiger partial charge is 0.220 e. The highest BCUT2D eigenvalue weighted by atomic mass is 19.1. The second-order valence-electron chi connectivity index (χ2n) is 8.28. The van der Waals surface area contributed by atoms with Crippen LogP contribution in [0.2, 0.25) is 0 Å². The van der Waals surface area contributed by atoms with Crippen LogP contribution >= 0.6 is 0 Å². The van der Waals surface area contributed by atoms with Gasteiger partial charge in [0.25, 0.3) is 0 Å². The van der Waals surface area contributed by atoms with E-state index in [1.54, 1.807) is 24.3 Å². The number of fused-ring (bicyclic) bond motifs is 1. The number of aromatic amines is 1. The Bertz CT molecular complexity index is 1160. The lowest BCUT2D eigenvalue weighted by atomic mass is 9.85. The Kier molecular flexibility index (Phi) is 6.12. The lowest BCUT2D eigenvalue weighted by Gasteiger charge is -2.29. The van der Waals surface area contributed by atoms with Crippen LogP contribution in [0.5, 0.6) is 5.75 Å². The number of methoxy groups -OCH3 is 1. The molecule has 0 bridgehead atoms. The SMILES string of the molecule is COc1cc(C[C@]2(CCC(=O)NCc3cc4cc(F)ccc4[nH]3)CCC(=O)N2)ccc1F. The van der Waals surface area contributed by atoms with E-state index in [1.807, 2.05) is 0 Å². The molecular weight excluding hydrogens is 416 g/mol. The number of amides is 2. The highest BCUT2D eigenvalue weighted by Gasteiger charge is 2.38. The number of benzene rings is 2. The molecule has 0 saturated carbocycles. The first-order chi connectivity index (χ1) is 15.4. The van der Waals surface area contributed by atoms with Crippen molar-refractivity contribution in [1.82, 2.24) is 15.6 Å². The van der Waals surface area contributed by atoms with Gasteiger partial charge in [0.1, 0.15) is 5.82 Å². The molecule has 1 atom stereocenters. The van der Waals surface area contributed by atoms with Gasteiger partial charge in [-0.25, -0.2) is 8.78 Å². The Morgan fingerprint density at radius 1 is 1.19 bits per heavy atom. The first kappa shape index (κ1) is 21.8. The quantitative estimate of drug-likeness (QED) is 0.498. The molecule has 32 heavy (non-hydrogen) atoms. The third-order valence-electron chi connectivity index (χ3n) is 5.94. The fourth-order valence-corrected chi connectivity index (χ4v) is 4.28. The maximum atomic E-state index is 13.7. The van der Waals surface area contributed by atoms with Gasteiger partial charge in [-0.15, -0.1) is 0 Å². The summed E-state index contributed by atoms with van der Waals surface area (Å²) in [5.74, 6) is -0.801. The van der Waals surface area contributed by atoms with Crippen molar-refractivity contribution in [3.05, 3.63) is 65.4 Å². The Morgan fingerprint density at radius 2 is 2.03 bits per heavy atom. The van der Waals surface area contributed by atoms with E-state index in [0.29, 0.717) is 32.2 Å². The molecule has 4 rings (SSSR count). The number of aromatic nitrogens is 1. The van der Waals surface area contributed by atoms with Crippen LogP contribution in [0.3, 0.4) is 0 Å². The molecule has 1 aliphatic heterocycles. The lowest BCUT2D eigenvalue weighted by molar-refractivity contribution is -0.122. The molecule has 2 aromatic carbocycles. The molecule has 8 heteroatoms. The van der Waals surface area contributed by atoms with Gasteiger partial charge in [0.15, 0.2) is 11.6 Å². The number of hydrogen-bond acceptors (Lipinski definition) is 3. The standard InChI is InChI=1S/C24H25F2N3O3/c1-32-21-10-15(2-4-19(21)26)13-24(9-7-23(31)29-24)8-6-22(30)27-14-18-12-16-11-17(25)3-5-20(16)28-18/h2-5,10-12,28H,6-9,13-14H2,1H3,(H,27,30)(H,29,31)/t24-/m0/s1. The Labute approximate surface area is 184 Å². The van der Waals surface area contributed by atoms with Gasteiger partial charge in [-0.2, -0.15) is 0 Å². The van der Waals surface area contributed by atoms with Crippen LogP contribution in [-0.2, 0) is 22.6 Å². The van der Waals surface area contributed by atoms with Crippen LogP contribution in [0, 0.1) is 11.6 Å². The monoisotopic (exact) mass is 441 g/mol. The summed E-state index contributed by atoms with van der Waals surface area (Å²) >= 11 is 0. The maximum absolute atomic E-state index is 13.7. The number of rotatable bonds is 8. The van der Waals surface area contributed by atoms with Crippen molar-refractivity contribution in [3.63, 3.8) is 0 Å². The van der Waals surface area contributed by atoms with Crippen LogP contribution in [0.4, 0.5) is 8.78 Å². The van der Waals surface area contributed by atoms with E-state index in [2.05, 4.69) is 15.6 Å². The van der Waals surface area contributed by atoms with Gasteiger partial charge in [0.05, 0.1) is 13.7 Å². The third-order valence-corrected chi connectivity index (χ3v) is 5.94. The van der Waals surface area contributed by atoms with E-state index in [9.17, 15) is 18.4 Å². The van der Waals surface area contributed by atoms with Gasteiger partial charge in [0.2, 0.25) is 11.8 Å². The zero-order valence-corrected chi connectivity index (χ0v) is 17.8. The van der Waals surface area contributed by atoms with Crippen LogP contribution in [0.15, 0.2) is 42.5 Å². The van der Waals surface area contributed by atoms with Crippen LogP contribution in [0.1, 0.15) is 36.9 Å². The fraction of sp³-hybridized carbons (Fsp3) is 0.333. The molecule has 1 aliphatic rings. The van der Waals surface area contributed by atoms with Crippen molar-refractivity contribution < 1.29 is 23.1 Å². The minimum Gasteiger partial charge on any atom is -0.494 e. The van der Waals surface area contributed by atoms with Crippen molar-refractivity contribution in [2.75, 3.05) is 7.11 Å². The molecule has 1 aromatic heterocycles. The fourth-order valence-electron chi connectivity index (χ4n) is 4.28. The first-order valence-corrected chi connectivity index (χ1v) is 10.5. The molecule has 0 unspecified atom stereocenters. The van der Waals surface area contributed by atoms with Crippen molar-refractivity contribution in [2.45, 2.75) is 44.2 Å². The summed E-state index contributed by atoms with van der Waals surface area (Å²) in [6.45, 7) is 0.295. The maximum Gasteiger partial charge on any atom is 0.220 e. The molecule has 0 aliphatic carbocycles. The predicted molar refractivity (Wildman–Crippen MR) is 116 cm³/mol. The highest BCUT2D eigenvalue weighted by Crippen LogP contribution is 2.31. The van der Waals surface area contributed by atoms with Crippen molar-refractivity contribution in [2.24, 2.45) is 0 Å². The number of hydrogen-bond donors (Lipinski definition) is 3. The van der Waals surface area contributed by atoms with Gasteiger partial charge in [-0.1, -0.05) is 6.07 Å². The van der Waals surface area contributed by atoms with Crippen LogP contribution in [0.25, 0.3) is 10.9 Å². The molecule has 0 spiro atoms. The van der Waals surface area contributed by atoms with Crippen LogP contribution in [-0.4, -0.2) is 29.4 Å². The lowest BCUT2D eigenvalue weighted by Crippen LogP contribution is -2.44. The largest absolute Gasteiger partial charge is 0.494 e. The minimum atomic E-state index is -0.560. The van der Waals surface area contributed by atoms with Gasteiger partial charge in [-0.3, -0.25) is 9.59 Å². The molecule has 168 valence electrons. The Hall–Kier alpha value is -3.42. The second-order valence-corrected chi connectivity index (χ2v) is 8.28. The van der Waals surface area contributed by atoms with Gasteiger partial charge < -0.3 is 20.4 Å². The molecule has 6 nitrogen and oxygen atoms in total. The van der Waals surface area contributed by atoms with E-state index < -0.39 is 11.4 Å². The van der Waals surface area contributed by atoms with E-state index in [0.717, 1.165) is 22.2 Å². The summed E-state index contributed by atoms with van der Waals surface area (Å²) in [5.41, 5.74) is 1.85. The molecule has 3 aromatic rings. The summed E-state index contributed by atoms with van der Waals surface area (Å²) < 4.78 is 32.1. The topological polar surface area (TPSA) is 83.2 Å². The molecule has 0 radical (unpaired) electrons. The molecule has 3 N–H and O–H groups in total. The summed E-state index contributed by atoms with van der Waals surface area (Å²) in [4.78, 5) is 27.6. The average Bonchev–Trinajstić information content (AvgIpc) is 3.35. The predicted octanol–water partition coefficient (Wildman–Crippen LogP) is 3.74. The number of halogens is 2. The molecule has 2 heterocycles. The summed E-state index contributed by atoms with van der Waals surface area (Å²) in [6, 6.07) is 10.9. The summed E-state index contributed by atoms with van der Waals surface area (Å²) in [7, 11) is 1.41.